The van der Waals surface area contributed by atoms with Crippen molar-refractivity contribution in [2.75, 3.05) is 6.61 Å². The van der Waals surface area contributed by atoms with Crippen LogP contribution in [0.4, 0.5) is 4.39 Å². The zero-order valence-electron chi connectivity index (χ0n) is 8.59. The molecule has 0 radical (unpaired) electrons. The fourth-order valence-corrected chi connectivity index (χ4v) is 1.56. The van der Waals surface area contributed by atoms with Crippen molar-refractivity contribution in [3.63, 3.8) is 0 Å². The van der Waals surface area contributed by atoms with Crippen LogP contribution in [0.15, 0.2) is 16.6 Å². The highest BCUT2D eigenvalue weighted by molar-refractivity contribution is 9.10. The molecule has 0 N–H and O–H groups in total. The number of rotatable bonds is 3. The summed E-state index contributed by atoms with van der Waals surface area (Å²) in [5.41, 5.74) is 0.212. The summed E-state index contributed by atoms with van der Waals surface area (Å²) in [6, 6.07) is 4.73. The number of hydrogen-bond donors (Lipinski definition) is 0. The first-order chi connectivity index (χ1) is 7.60. The van der Waals surface area contributed by atoms with E-state index >= 15 is 0 Å². The van der Waals surface area contributed by atoms with Gasteiger partial charge in [-0.05, 0) is 34.5 Å². The lowest BCUT2D eigenvalue weighted by Crippen LogP contribution is -2.09. The molecule has 0 amide bonds. The first-order valence-corrected chi connectivity index (χ1v) is 5.42. The monoisotopic (exact) mass is 285 g/mol. The lowest BCUT2D eigenvalue weighted by Gasteiger charge is -2.05. The van der Waals surface area contributed by atoms with Gasteiger partial charge in [-0.2, -0.15) is 5.26 Å². The van der Waals surface area contributed by atoms with Crippen LogP contribution in [0.25, 0.3) is 0 Å². The van der Waals surface area contributed by atoms with E-state index in [1.807, 2.05) is 0 Å². The topological polar surface area (TPSA) is 50.1 Å². The highest BCUT2D eigenvalue weighted by Gasteiger charge is 2.14. The molecule has 16 heavy (non-hydrogen) atoms. The van der Waals surface area contributed by atoms with E-state index in [4.69, 9.17) is 10.00 Å². The van der Waals surface area contributed by atoms with Crippen LogP contribution in [0.2, 0.25) is 0 Å². The molecule has 0 saturated carbocycles. The smallest absolute Gasteiger partial charge is 0.310 e. The molecular formula is C11H9BrFNO2. The van der Waals surface area contributed by atoms with Gasteiger partial charge in [-0.3, -0.25) is 4.79 Å². The van der Waals surface area contributed by atoms with Crippen molar-refractivity contribution < 1.29 is 13.9 Å². The third-order valence-corrected chi connectivity index (χ3v) is 2.55. The Bertz CT molecular complexity index is 454. The van der Waals surface area contributed by atoms with Gasteiger partial charge in [0.05, 0.1) is 23.1 Å². The molecule has 0 bridgehead atoms. The van der Waals surface area contributed by atoms with Crippen molar-refractivity contribution in [2.45, 2.75) is 13.3 Å². The average molecular weight is 286 g/mol. The number of hydrogen-bond acceptors (Lipinski definition) is 3. The molecule has 0 heterocycles. The summed E-state index contributed by atoms with van der Waals surface area (Å²) in [6.45, 7) is 1.95. The van der Waals surface area contributed by atoms with Crippen molar-refractivity contribution >= 4 is 21.9 Å². The van der Waals surface area contributed by atoms with Crippen molar-refractivity contribution in [1.29, 1.82) is 5.26 Å². The normalized spacial score (nSPS) is 9.62. The molecule has 0 atom stereocenters. The number of esters is 1. The molecule has 0 aliphatic heterocycles. The Kier molecular flexibility index (Phi) is 4.44. The van der Waals surface area contributed by atoms with E-state index in [0.29, 0.717) is 5.56 Å². The Morgan fingerprint density at radius 2 is 2.31 bits per heavy atom. The van der Waals surface area contributed by atoms with Crippen molar-refractivity contribution in [2.24, 2.45) is 0 Å². The van der Waals surface area contributed by atoms with Crippen LogP contribution < -0.4 is 0 Å². The molecule has 0 aromatic heterocycles. The maximum absolute atomic E-state index is 13.5. The SMILES string of the molecule is CCOC(=O)Cc1ccc(Br)c(F)c1C#N. The van der Waals surface area contributed by atoms with Crippen LogP contribution in [0, 0.1) is 17.1 Å². The fraction of sp³-hybridized carbons (Fsp3) is 0.273. The van der Waals surface area contributed by atoms with E-state index in [1.54, 1.807) is 13.0 Å². The van der Waals surface area contributed by atoms with Gasteiger partial charge in [0, 0.05) is 0 Å². The molecule has 0 aliphatic carbocycles. The van der Waals surface area contributed by atoms with Gasteiger partial charge in [-0.15, -0.1) is 0 Å². The first kappa shape index (κ1) is 12.7. The summed E-state index contributed by atoms with van der Waals surface area (Å²) in [6.07, 6.45) is -0.0963. The van der Waals surface area contributed by atoms with Gasteiger partial charge in [0.15, 0.2) is 5.82 Å². The summed E-state index contributed by atoms with van der Waals surface area (Å²) < 4.78 is 18.4. The third kappa shape index (κ3) is 2.80. The largest absolute Gasteiger partial charge is 0.466 e. The first-order valence-electron chi connectivity index (χ1n) is 4.62. The summed E-state index contributed by atoms with van der Waals surface area (Å²) >= 11 is 2.98. The zero-order valence-corrected chi connectivity index (χ0v) is 10.2. The molecule has 0 unspecified atom stereocenters. The van der Waals surface area contributed by atoms with E-state index in [2.05, 4.69) is 15.9 Å². The second-order valence-electron chi connectivity index (χ2n) is 2.99. The summed E-state index contributed by atoms with van der Waals surface area (Å²) in [7, 11) is 0. The molecule has 0 fully saturated rings. The molecule has 0 saturated heterocycles. The molecular weight excluding hydrogens is 277 g/mol. The van der Waals surface area contributed by atoms with E-state index in [-0.39, 0.29) is 23.1 Å². The van der Waals surface area contributed by atoms with Gasteiger partial charge < -0.3 is 4.74 Å². The number of carbonyl (C=O) groups is 1. The van der Waals surface area contributed by atoms with Crippen LogP contribution in [0.3, 0.4) is 0 Å². The Morgan fingerprint density at radius 1 is 1.62 bits per heavy atom. The van der Waals surface area contributed by atoms with E-state index < -0.39 is 11.8 Å². The molecule has 84 valence electrons. The van der Waals surface area contributed by atoms with Gasteiger partial charge in [0.1, 0.15) is 6.07 Å². The van der Waals surface area contributed by atoms with Crippen molar-refractivity contribution in [1.82, 2.24) is 0 Å². The summed E-state index contributed by atoms with van der Waals surface area (Å²) in [5, 5.41) is 8.80. The van der Waals surface area contributed by atoms with Crippen molar-refractivity contribution in [3.05, 3.63) is 33.5 Å². The minimum absolute atomic E-state index is 0.0963. The second-order valence-corrected chi connectivity index (χ2v) is 3.84. The molecule has 0 spiro atoms. The van der Waals surface area contributed by atoms with E-state index in [1.165, 1.54) is 12.1 Å². The standard InChI is InChI=1S/C11H9BrFNO2/c1-2-16-10(15)5-7-3-4-9(12)11(13)8(7)6-14/h3-4H,2,5H2,1H3. The summed E-state index contributed by atoms with van der Waals surface area (Å²) in [4.78, 5) is 11.2. The van der Waals surface area contributed by atoms with E-state index in [0.717, 1.165) is 0 Å². The number of benzene rings is 1. The maximum atomic E-state index is 13.5. The quantitative estimate of drug-likeness (QED) is 0.802. The van der Waals surface area contributed by atoms with Crippen LogP contribution in [-0.4, -0.2) is 12.6 Å². The third-order valence-electron chi connectivity index (χ3n) is 1.93. The van der Waals surface area contributed by atoms with Gasteiger partial charge in [0.25, 0.3) is 0 Å². The van der Waals surface area contributed by atoms with E-state index in [9.17, 15) is 9.18 Å². The Hall–Kier alpha value is -1.41. The van der Waals surface area contributed by atoms with Crippen LogP contribution in [-0.2, 0) is 16.0 Å². The van der Waals surface area contributed by atoms with Gasteiger partial charge in [-0.1, -0.05) is 6.07 Å². The molecule has 1 rings (SSSR count). The molecule has 1 aromatic rings. The highest BCUT2D eigenvalue weighted by atomic mass is 79.9. The molecule has 3 nitrogen and oxygen atoms in total. The van der Waals surface area contributed by atoms with Gasteiger partial charge in [-0.25, -0.2) is 4.39 Å². The Labute approximate surface area is 101 Å². The fourth-order valence-electron chi connectivity index (χ4n) is 1.23. The lowest BCUT2D eigenvalue weighted by atomic mass is 10.1. The molecule has 0 aliphatic rings. The number of nitriles is 1. The molecule has 5 heteroatoms. The van der Waals surface area contributed by atoms with Crippen LogP contribution in [0.1, 0.15) is 18.1 Å². The van der Waals surface area contributed by atoms with Gasteiger partial charge >= 0.3 is 5.97 Å². The predicted octanol–water partition coefficient (Wildman–Crippen LogP) is 2.57. The van der Waals surface area contributed by atoms with Crippen molar-refractivity contribution in [3.8, 4) is 6.07 Å². The number of ether oxygens (including phenoxy) is 1. The predicted molar refractivity (Wildman–Crippen MR) is 59.2 cm³/mol. The Morgan fingerprint density at radius 3 is 2.88 bits per heavy atom. The summed E-state index contributed by atoms with van der Waals surface area (Å²) in [5.74, 6) is -1.12. The second kappa shape index (κ2) is 5.61. The Balaban J connectivity index is 3.02. The molecule has 1 aromatic carbocycles. The van der Waals surface area contributed by atoms with Crippen LogP contribution in [0.5, 0.6) is 0 Å². The number of carbonyl (C=O) groups excluding carboxylic acids is 1. The highest BCUT2D eigenvalue weighted by Crippen LogP contribution is 2.22. The van der Waals surface area contributed by atoms with Gasteiger partial charge in [0.2, 0.25) is 0 Å². The average Bonchev–Trinajstić information content (AvgIpc) is 2.24. The number of halogens is 2. The van der Waals surface area contributed by atoms with Crippen LogP contribution >= 0.6 is 15.9 Å². The zero-order chi connectivity index (χ0) is 12.1. The minimum atomic E-state index is -0.649. The lowest BCUT2D eigenvalue weighted by molar-refractivity contribution is -0.142. The maximum Gasteiger partial charge on any atom is 0.310 e. The number of nitrogens with zero attached hydrogens (tertiary/aromatic N) is 1. The minimum Gasteiger partial charge on any atom is -0.466 e.